The zero-order chi connectivity index (χ0) is 13.7. The molecule has 2 aromatic heterocycles. The van der Waals surface area contributed by atoms with Crippen LogP contribution in [0.2, 0.25) is 0 Å². The molecule has 0 amide bonds. The summed E-state index contributed by atoms with van der Waals surface area (Å²) in [5, 5.41) is 3.69. The van der Waals surface area contributed by atoms with Crippen molar-refractivity contribution in [1.82, 2.24) is 14.4 Å². The predicted octanol–water partition coefficient (Wildman–Crippen LogP) is 1.22. The van der Waals surface area contributed by atoms with Crippen LogP contribution in [0.4, 0.5) is 0 Å². The summed E-state index contributed by atoms with van der Waals surface area (Å²) in [6.07, 6.45) is 3.11. The number of sulfonamides is 1. The van der Waals surface area contributed by atoms with Crippen molar-refractivity contribution in [2.45, 2.75) is 24.0 Å². The van der Waals surface area contributed by atoms with Gasteiger partial charge in [-0.1, -0.05) is 5.16 Å². The monoisotopic (exact) mass is 295 g/mol. The van der Waals surface area contributed by atoms with Crippen molar-refractivity contribution in [3.8, 4) is 11.6 Å². The summed E-state index contributed by atoms with van der Waals surface area (Å²) in [6.45, 7) is 0.858. The summed E-state index contributed by atoms with van der Waals surface area (Å²) in [4.78, 5) is 4.26. The molecule has 1 aliphatic heterocycles. The second-order valence-corrected chi connectivity index (χ2v) is 7.40. The van der Waals surface area contributed by atoms with Crippen molar-refractivity contribution in [3.05, 3.63) is 24.3 Å². The number of aromatic nitrogens is 2. The first-order valence-corrected chi connectivity index (χ1v) is 8.01. The number of hydrogen-bond acceptors (Lipinski definition) is 6. The Morgan fingerprint density at radius 1 is 1.30 bits per heavy atom. The molecule has 2 aromatic rings. The highest BCUT2D eigenvalue weighted by atomic mass is 32.2. The molecule has 1 saturated carbocycles. The Bertz CT molecular complexity index is 712. The lowest BCUT2D eigenvalue weighted by molar-refractivity contribution is 0.216. The molecule has 4 rings (SSSR count). The lowest BCUT2D eigenvalue weighted by Crippen LogP contribution is -2.49. The van der Waals surface area contributed by atoms with Crippen LogP contribution in [0.3, 0.4) is 0 Å². The zero-order valence-electron chi connectivity index (χ0n) is 10.6. The average molecular weight is 295 g/mol. The van der Waals surface area contributed by atoms with Crippen LogP contribution < -0.4 is 0 Å². The molecule has 1 saturated heterocycles. The molecule has 0 bridgehead atoms. The molecule has 0 unspecified atom stereocenters. The maximum atomic E-state index is 12.0. The first-order chi connectivity index (χ1) is 9.64. The summed E-state index contributed by atoms with van der Waals surface area (Å²) < 4.78 is 35.9. The Morgan fingerprint density at radius 2 is 2.10 bits per heavy atom. The molecule has 7 nitrogen and oxygen atoms in total. The Kier molecular flexibility index (Phi) is 2.52. The van der Waals surface area contributed by atoms with Crippen molar-refractivity contribution in [2.24, 2.45) is 0 Å². The smallest absolute Gasteiger partial charge is 0.238 e. The van der Waals surface area contributed by atoms with Gasteiger partial charge in [0.15, 0.2) is 5.76 Å². The summed E-state index contributed by atoms with van der Waals surface area (Å²) in [6, 6.07) is 3.50. The minimum atomic E-state index is -3.08. The van der Waals surface area contributed by atoms with Crippen molar-refractivity contribution >= 4 is 10.0 Å². The van der Waals surface area contributed by atoms with E-state index in [9.17, 15) is 8.42 Å². The summed E-state index contributed by atoms with van der Waals surface area (Å²) >= 11 is 0. The molecular weight excluding hydrogens is 282 g/mol. The highest BCUT2D eigenvalue weighted by Gasteiger charge is 2.46. The van der Waals surface area contributed by atoms with Crippen LogP contribution in [0.1, 0.15) is 24.7 Å². The van der Waals surface area contributed by atoms with Gasteiger partial charge in [0.1, 0.15) is 0 Å². The first-order valence-electron chi connectivity index (χ1n) is 6.51. The topological polar surface area (TPSA) is 89.4 Å². The largest absolute Gasteiger partial charge is 0.461 e. The highest BCUT2D eigenvalue weighted by Crippen LogP contribution is 2.37. The van der Waals surface area contributed by atoms with E-state index in [2.05, 4.69) is 10.1 Å². The Hall–Kier alpha value is -1.67. The van der Waals surface area contributed by atoms with Gasteiger partial charge in [0.2, 0.25) is 21.7 Å². The second kappa shape index (κ2) is 4.16. The molecule has 0 radical (unpaired) electrons. The molecule has 0 aromatic carbocycles. The van der Waals surface area contributed by atoms with Crippen LogP contribution in [-0.4, -0.2) is 41.2 Å². The molecule has 0 atom stereocenters. The second-order valence-electron chi connectivity index (χ2n) is 5.19. The molecule has 3 heterocycles. The van der Waals surface area contributed by atoms with Crippen LogP contribution in [0.5, 0.6) is 0 Å². The zero-order valence-corrected chi connectivity index (χ0v) is 11.4. The van der Waals surface area contributed by atoms with Crippen LogP contribution in [0, 0.1) is 0 Å². The van der Waals surface area contributed by atoms with Gasteiger partial charge in [-0.15, -0.1) is 0 Å². The third-order valence-corrected chi connectivity index (χ3v) is 6.02. The van der Waals surface area contributed by atoms with Gasteiger partial charge in [-0.3, -0.25) is 0 Å². The molecular formula is C12H13N3O4S. The molecule has 1 aliphatic carbocycles. The Morgan fingerprint density at radius 3 is 2.75 bits per heavy atom. The fourth-order valence-corrected chi connectivity index (χ4v) is 4.21. The predicted molar refractivity (Wildman–Crippen MR) is 68.3 cm³/mol. The van der Waals surface area contributed by atoms with Gasteiger partial charge in [0.05, 0.1) is 17.4 Å². The number of nitrogens with zero attached hydrogens (tertiary/aromatic N) is 3. The average Bonchev–Trinajstić information content (AvgIpc) is 2.89. The standard InChI is InChI=1S/C12H13N3O4S/c16-20(17,9-3-4-9)15-6-8(7-15)12-13-11(14-19-12)10-2-1-5-18-10/h1-2,5,8-9H,3-4,6-7H2. The van der Waals surface area contributed by atoms with Gasteiger partial charge in [0.25, 0.3) is 0 Å². The quantitative estimate of drug-likeness (QED) is 0.842. The van der Waals surface area contributed by atoms with E-state index in [1.807, 2.05) is 0 Å². The van der Waals surface area contributed by atoms with E-state index in [1.54, 1.807) is 18.4 Å². The van der Waals surface area contributed by atoms with E-state index in [4.69, 9.17) is 8.94 Å². The fourth-order valence-electron chi connectivity index (χ4n) is 2.29. The first kappa shape index (κ1) is 12.1. The van der Waals surface area contributed by atoms with E-state index >= 15 is 0 Å². The van der Waals surface area contributed by atoms with E-state index in [-0.39, 0.29) is 11.2 Å². The Balaban J connectivity index is 1.46. The van der Waals surface area contributed by atoms with Gasteiger partial charge in [-0.05, 0) is 25.0 Å². The summed E-state index contributed by atoms with van der Waals surface area (Å²) in [7, 11) is -3.08. The third kappa shape index (κ3) is 1.87. The van der Waals surface area contributed by atoms with Crippen molar-refractivity contribution in [3.63, 3.8) is 0 Å². The minimum Gasteiger partial charge on any atom is -0.461 e. The maximum Gasteiger partial charge on any atom is 0.238 e. The van der Waals surface area contributed by atoms with Crippen LogP contribution >= 0.6 is 0 Å². The number of rotatable bonds is 4. The molecule has 106 valence electrons. The van der Waals surface area contributed by atoms with Gasteiger partial charge in [0, 0.05) is 13.1 Å². The van der Waals surface area contributed by atoms with E-state index in [0.717, 1.165) is 12.8 Å². The van der Waals surface area contributed by atoms with Crippen molar-refractivity contribution in [1.29, 1.82) is 0 Å². The van der Waals surface area contributed by atoms with Gasteiger partial charge < -0.3 is 8.94 Å². The maximum absolute atomic E-state index is 12.0. The molecule has 2 fully saturated rings. The summed E-state index contributed by atoms with van der Waals surface area (Å²) in [5.74, 6) is 1.40. The molecule has 0 N–H and O–H groups in total. The van der Waals surface area contributed by atoms with Crippen molar-refractivity contribution < 1.29 is 17.4 Å². The number of hydrogen-bond donors (Lipinski definition) is 0. The van der Waals surface area contributed by atoms with E-state index in [1.165, 1.54) is 4.31 Å². The normalized spacial score (nSPS) is 21.0. The molecule has 0 spiro atoms. The Labute approximate surface area is 115 Å². The van der Waals surface area contributed by atoms with Crippen LogP contribution in [0.15, 0.2) is 27.3 Å². The van der Waals surface area contributed by atoms with Crippen LogP contribution in [0.25, 0.3) is 11.6 Å². The molecule has 8 heteroatoms. The highest BCUT2D eigenvalue weighted by molar-refractivity contribution is 7.90. The minimum absolute atomic E-state index is 0.0141. The molecule has 2 aliphatic rings. The SMILES string of the molecule is O=S(=O)(C1CC1)N1CC(c2nc(-c3ccco3)no2)C1. The lowest BCUT2D eigenvalue weighted by atomic mass is 10.0. The van der Waals surface area contributed by atoms with Gasteiger partial charge in [-0.25, -0.2) is 8.42 Å². The van der Waals surface area contributed by atoms with Crippen molar-refractivity contribution in [2.75, 3.05) is 13.1 Å². The van der Waals surface area contributed by atoms with E-state index in [0.29, 0.717) is 30.6 Å². The van der Waals surface area contributed by atoms with Gasteiger partial charge in [-0.2, -0.15) is 9.29 Å². The van der Waals surface area contributed by atoms with Crippen LogP contribution in [-0.2, 0) is 10.0 Å². The summed E-state index contributed by atoms with van der Waals surface area (Å²) in [5.41, 5.74) is 0. The molecule has 20 heavy (non-hydrogen) atoms. The van der Waals surface area contributed by atoms with Gasteiger partial charge >= 0.3 is 0 Å². The number of furan rings is 1. The fraction of sp³-hybridized carbons (Fsp3) is 0.500. The third-order valence-electron chi connectivity index (χ3n) is 3.69. The van der Waals surface area contributed by atoms with E-state index < -0.39 is 10.0 Å². The lowest BCUT2D eigenvalue weighted by Gasteiger charge is -2.35.